The number of nitrogens with one attached hydrogen (secondary N) is 1. The highest BCUT2D eigenvalue weighted by molar-refractivity contribution is 9.10. The van der Waals surface area contributed by atoms with Crippen LogP contribution in [0.2, 0.25) is 0 Å². The number of sulfonamides is 1. The first kappa shape index (κ1) is 17.3. The number of aliphatic hydroxyl groups is 1. The van der Waals surface area contributed by atoms with Gasteiger partial charge in [-0.25, -0.2) is 19.2 Å². The lowest BCUT2D eigenvalue weighted by Crippen LogP contribution is -2.42. The molecule has 0 aliphatic carbocycles. The summed E-state index contributed by atoms with van der Waals surface area (Å²) in [4.78, 5) is 3.88. The smallest absolute Gasteiger partial charge is 0.246 e. The Labute approximate surface area is 127 Å². The van der Waals surface area contributed by atoms with Gasteiger partial charge in [-0.3, -0.25) is 0 Å². The SMILES string of the molecule is CCN(CC(C)(C)O)S(=O)(=O)c1cc(Br)cnc1NN. The molecule has 1 rings (SSSR count). The van der Waals surface area contributed by atoms with Crippen LogP contribution >= 0.6 is 15.9 Å². The van der Waals surface area contributed by atoms with E-state index in [2.05, 4.69) is 26.3 Å². The molecule has 0 unspecified atom stereocenters. The molecule has 0 saturated carbocycles. The molecule has 1 aromatic rings. The third-order valence-corrected chi connectivity index (χ3v) is 4.86. The number of rotatable bonds is 6. The van der Waals surface area contributed by atoms with Crippen molar-refractivity contribution >= 4 is 31.8 Å². The first-order valence-corrected chi connectivity index (χ1v) is 8.20. The highest BCUT2D eigenvalue weighted by Crippen LogP contribution is 2.26. The predicted octanol–water partition coefficient (Wildman–Crippen LogP) is 0.911. The van der Waals surface area contributed by atoms with Gasteiger partial charge in [0.25, 0.3) is 0 Å². The molecule has 0 atom stereocenters. The molecular formula is C11H19BrN4O3S. The van der Waals surface area contributed by atoms with Crippen LogP contribution in [0.3, 0.4) is 0 Å². The molecule has 0 aliphatic heterocycles. The van der Waals surface area contributed by atoms with E-state index in [4.69, 9.17) is 5.84 Å². The van der Waals surface area contributed by atoms with Crippen molar-refractivity contribution in [2.45, 2.75) is 31.3 Å². The number of anilines is 1. The molecule has 0 radical (unpaired) electrons. The first-order chi connectivity index (χ1) is 9.11. The second-order valence-corrected chi connectivity index (χ2v) is 7.71. The van der Waals surface area contributed by atoms with Gasteiger partial charge in [0.05, 0.1) is 5.60 Å². The molecule has 20 heavy (non-hydrogen) atoms. The Morgan fingerprint density at radius 1 is 1.55 bits per heavy atom. The third kappa shape index (κ3) is 4.13. The van der Waals surface area contributed by atoms with Crippen LogP contribution in [-0.4, -0.2) is 41.5 Å². The van der Waals surface area contributed by atoms with Crippen molar-refractivity contribution in [1.29, 1.82) is 0 Å². The Hall–Kier alpha value is -0.740. The summed E-state index contributed by atoms with van der Waals surface area (Å²) in [5.74, 6) is 5.36. The van der Waals surface area contributed by atoms with E-state index in [-0.39, 0.29) is 23.8 Å². The molecule has 4 N–H and O–H groups in total. The monoisotopic (exact) mass is 366 g/mol. The molecule has 0 aromatic carbocycles. The summed E-state index contributed by atoms with van der Waals surface area (Å²) in [5.41, 5.74) is 1.13. The van der Waals surface area contributed by atoms with E-state index in [0.717, 1.165) is 0 Å². The van der Waals surface area contributed by atoms with E-state index in [1.165, 1.54) is 16.6 Å². The number of halogens is 1. The molecule has 7 nitrogen and oxygen atoms in total. The fourth-order valence-electron chi connectivity index (χ4n) is 1.66. The number of hydrogen-bond donors (Lipinski definition) is 3. The maximum Gasteiger partial charge on any atom is 0.246 e. The van der Waals surface area contributed by atoms with Crippen molar-refractivity contribution < 1.29 is 13.5 Å². The van der Waals surface area contributed by atoms with Crippen molar-refractivity contribution in [3.05, 3.63) is 16.7 Å². The van der Waals surface area contributed by atoms with Crippen LogP contribution < -0.4 is 11.3 Å². The van der Waals surface area contributed by atoms with Gasteiger partial charge in [-0.2, -0.15) is 4.31 Å². The van der Waals surface area contributed by atoms with Crippen LogP contribution in [0.5, 0.6) is 0 Å². The number of nitrogens with zero attached hydrogens (tertiary/aromatic N) is 2. The van der Waals surface area contributed by atoms with E-state index >= 15 is 0 Å². The zero-order valence-electron chi connectivity index (χ0n) is 11.6. The van der Waals surface area contributed by atoms with E-state index in [9.17, 15) is 13.5 Å². The molecule has 0 fully saturated rings. The molecule has 0 spiro atoms. The second-order valence-electron chi connectivity index (χ2n) is 4.89. The van der Waals surface area contributed by atoms with Crippen LogP contribution in [0.15, 0.2) is 21.6 Å². The number of hydrazine groups is 1. The predicted molar refractivity (Wildman–Crippen MR) is 80.5 cm³/mol. The van der Waals surface area contributed by atoms with Crippen molar-refractivity contribution in [1.82, 2.24) is 9.29 Å². The van der Waals surface area contributed by atoms with Gasteiger partial charge < -0.3 is 10.5 Å². The summed E-state index contributed by atoms with van der Waals surface area (Å²) in [6.45, 7) is 4.99. The average Bonchev–Trinajstić information content (AvgIpc) is 2.34. The summed E-state index contributed by atoms with van der Waals surface area (Å²) in [6, 6.07) is 1.42. The standard InChI is InChI=1S/C11H19BrN4O3S/c1-4-16(7-11(2,3)17)20(18,19)9-5-8(12)6-14-10(9)15-13/h5-6,17H,4,7,13H2,1-3H3,(H,14,15). The number of nitrogens with two attached hydrogens (primary N) is 1. The van der Waals surface area contributed by atoms with Gasteiger partial charge in [0.15, 0.2) is 5.82 Å². The van der Waals surface area contributed by atoms with E-state index in [0.29, 0.717) is 4.47 Å². The molecular weight excluding hydrogens is 348 g/mol. The maximum absolute atomic E-state index is 12.6. The molecule has 1 aromatic heterocycles. The van der Waals surface area contributed by atoms with Crippen LogP contribution in [0.25, 0.3) is 0 Å². The Morgan fingerprint density at radius 3 is 2.60 bits per heavy atom. The van der Waals surface area contributed by atoms with Crippen molar-refractivity contribution in [3.63, 3.8) is 0 Å². The van der Waals surface area contributed by atoms with Crippen LogP contribution in [-0.2, 0) is 10.0 Å². The van der Waals surface area contributed by atoms with E-state index in [1.54, 1.807) is 20.8 Å². The van der Waals surface area contributed by atoms with Crippen LogP contribution in [0.4, 0.5) is 5.82 Å². The molecule has 9 heteroatoms. The fourth-order valence-corrected chi connectivity index (χ4v) is 3.88. The zero-order chi connectivity index (χ0) is 15.6. The van der Waals surface area contributed by atoms with Gasteiger partial charge in [0.2, 0.25) is 10.0 Å². The Kier molecular flexibility index (Phi) is 5.50. The summed E-state index contributed by atoms with van der Waals surface area (Å²) in [5, 5.41) is 9.84. The van der Waals surface area contributed by atoms with Crippen molar-refractivity contribution in [2.75, 3.05) is 18.5 Å². The van der Waals surface area contributed by atoms with Crippen molar-refractivity contribution in [3.8, 4) is 0 Å². The average molecular weight is 367 g/mol. The number of nitrogen functional groups attached to an aromatic ring is 1. The van der Waals surface area contributed by atoms with Crippen molar-refractivity contribution in [2.24, 2.45) is 5.84 Å². The minimum absolute atomic E-state index is 0.0254. The quantitative estimate of drug-likeness (QED) is 0.510. The highest BCUT2D eigenvalue weighted by Gasteiger charge is 2.30. The topological polar surface area (TPSA) is 109 Å². The highest BCUT2D eigenvalue weighted by atomic mass is 79.9. The van der Waals surface area contributed by atoms with Gasteiger partial charge in [-0.15, -0.1) is 0 Å². The maximum atomic E-state index is 12.6. The van der Waals surface area contributed by atoms with E-state index < -0.39 is 15.6 Å². The lowest BCUT2D eigenvalue weighted by Gasteiger charge is -2.27. The Balaban J connectivity index is 3.30. The largest absolute Gasteiger partial charge is 0.389 e. The third-order valence-electron chi connectivity index (χ3n) is 2.49. The molecule has 0 aliphatic rings. The summed E-state index contributed by atoms with van der Waals surface area (Å²) < 4.78 is 27.0. The number of likely N-dealkylation sites (N-methyl/N-ethyl adjacent to an activating group) is 1. The minimum atomic E-state index is -3.81. The Bertz CT molecular complexity index is 572. The van der Waals surface area contributed by atoms with Gasteiger partial charge in [-0.05, 0) is 35.8 Å². The summed E-state index contributed by atoms with van der Waals surface area (Å²) in [7, 11) is -3.81. The second kappa shape index (κ2) is 6.35. The molecule has 0 saturated heterocycles. The fraction of sp³-hybridized carbons (Fsp3) is 0.545. The van der Waals surface area contributed by atoms with Gasteiger partial charge in [0, 0.05) is 23.8 Å². The zero-order valence-corrected chi connectivity index (χ0v) is 14.0. The summed E-state index contributed by atoms with van der Waals surface area (Å²) >= 11 is 3.19. The van der Waals surface area contributed by atoms with Gasteiger partial charge in [0.1, 0.15) is 4.90 Å². The van der Waals surface area contributed by atoms with Gasteiger partial charge >= 0.3 is 0 Å². The molecule has 1 heterocycles. The summed E-state index contributed by atoms with van der Waals surface area (Å²) in [6.07, 6.45) is 1.44. The van der Waals surface area contributed by atoms with Crippen LogP contribution in [0.1, 0.15) is 20.8 Å². The molecule has 0 amide bonds. The van der Waals surface area contributed by atoms with Crippen LogP contribution in [0, 0.1) is 0 Å². The normalized spacial score (nSPS) is 12.8. The number of hydrogen-bond acceptors (Lipinski definition) is 6. The molecule has 0 bridgehead atoms. The number of aromatic nitrogens is 1. The lowest BCUT2D eigenvalue weighted by molar-refractivity contribution is 0.0601. The minimum Gasteiger partial charge on any atom is -0.389 e. The Morgan fingerprint density at radius 2 is 2.15 bits per heavy atom. The number of pyridine rings is 1. The van der Waals surface area contributed by atoms with Gasteiger partial charge in [-0.1, -0.05) is 6.92 Å². The first-order valence-electron chi connectivity index (χ1n) is 5.96. The lowest BCUT2D eigenvalue weighted by atomic mass is 10.1. The molecule has 114 valence electrons. The van der Waals surface area contributed by atoms with E-state index in [1.807, 2.05) is 0 Å².